The summed E-state index contributed by atoms with van der Waals surface area (Å²) in [7, 11) is -2.24. The van der Waals surface area contributed by atoms with Gasteiger partial charge in [-0.15, -0.1) is 11.3 Å². The number of hydrogen-bond donors (Lipinski definition) is 2. The number of thiophene rings is 1. The van der Waals surface area contributed by atoms with Gasteiger partial charge in [0.25, 0.3) is 0 Å². The number of sulfonamides is 1. The first-order valence-electron chi connectivity index (χ1n) is 5.89. The SMILES string of the molecule is COc1ccccc1CNS(=O)(=O)c1ccc(C(=O)O)s1. The van der Waals surface area contributed by atoms with Crippen LogP contribution in [-0.4, -0.2) is 26.6 Å². The van der Waals surface area contributed by atoms with E-state index in [1.165, 1.54) is 19.2 Å². The normalized spacial score (nSPS) is 11.3. The Morgan fingerprint density at radius 2 is 2.00 bits per heavy atom. The Balaban J connectivity index is 2.16. The third-order valence-corrected chi connectivity index (χ3v) is 5.67. The van der Waals surface area contributed by atoms with Crippen molar-refractivity contribution in [3.8, 4) is 5.75 Å². The van der Waals surface area contributed by atoms with E-state index in [-0.39, 0.29) is 15.6 Å². The molecule has 112 valence electrons. The maximum atomic E-state index is 12.1. The molecule has 1 heterocycles. The second kappa shape index (κ2) is 6.25. The first-order valence-corrected chi connectivity index (χ1v) is 8.18. The number of carboxylic acids is 1. The van der Waals surface area contributed by atoms with Gasteiger partial charge in [-0.1, -0.05) is 18.2 Å². The summed E-state index contributed by atoms with van der Waals surface area (Å²) in [5, 5.41) is 8.82. The van der Waals surface area contributed by atoms with Crippen molar-refractivity contribution in [2.45, 2.75) is 10.8 Å². The molecule has 6 nitrogen and oxygen atoms in total. The van der Waals surface area contributed by atoms with Crippen molar-refractivity contribution in [1.82, 2.24) is 4.72 Å². The molecule has 1 aromatic heterocycles. The van der Waals surface area contributed by atoms with Gasteiger partial charge in [0.1, 0.15) is 14.8 Å². The summed E-state index contributed by atoms with van der Waals surface area (Å²) in [5.74, 6) is -0.566. The van der Waals surface area contributed by atoms with Crippen molar-refractivity contribution in [3.63, 3.8) is 0 Å². The number of benzene rings is 1. The minimum absolute atomic E-state index is 0.0207. The minimum Gasteiger partial charge on any atom is -0.496 e. The zero-order chi connectivity index (χ0) is 15.5. The highest BCUT2D eigenvalue weighted by molar-refractivity contribution is 7.91. The van der Waals surface area contributed by atoms with Gasteiger partial charge >= 0.3 is 5.97 Å². The van der Waals surface area contributed by atoms with Crippen LogP contribution in [0.5, 0.6) is 5.75 Å². The molecule has 0 amide bonds. The lowest BCUT2D eigenvalue weighted by Gasteiger charge is -2.09. The molecule has 0 aliphatic heterocycles. The van der Waals surface area contributed by atoms with Crippen LogP contribution < -0.4 is 9.46 Å². The Labute approximate surface area is 126 Å². The third-order valence-electron chi connectivity index (χ3n) is 2.70. The molecule has 2 N–H and O–H groups in total. The van der Waals surface area contributed by atoms with Crippen molar-refractivity contribution in [3.05, 3.63) is 46.8 Å². The number of carbonyl (C=O) groups is 1. The Morgan fingerprint density at radius 1 is 1.29 bits per heavy atom. The van der Waals surface area contributed by atoms with E-state index >= 15 is 0 Å². The van der Waals surface area contributed by atoms with E-state index in [1.807, 2.05) is 0 Å². The summed E-state index contributed by atoms with van der Waals surface area (Å²) in [6, 6.07) is 9.59. The number of methoxy groups -OCH3 is 1. The van der Waals surface area contributed by atoms with Crippen LogP contribution in [0.15, 0.2) is 40.6 Å². The average Bonchev–Trinajstić information content (AvgIpc) is 2.96. The van der Waals surface area contributed by atoms with Gasteiger partial charge in [0.2, 0.25) is 10.0 Å². The lowest BCUT2D eigenvalue weighted by atomic mass is 10.2. The van der Waals surface area contributed by atoms with Crippen LogP contribution in [-0.2, 0) is 16.6 Å². The Morgan fingerprint density at radius 3 is 2.62 bits per heavy atom. The van der Waals surface area contributed by atoms with Crippen molar-refractivity contribution in [2.75, 3.05) is 7.11 Å². The van der Waals surface area contributed by atoms with Crippen molar-refractivity contribution >= 4 is 27.3 Å². The highest BCUT2D eigenvalue weighted by atomic mass is 32.2. The fourth-order valence-electron chi connectivity index (χ4n) is 1.67. The Kier molecular flexibility index (Phi) is 4.61. The fourth-order valence-corrected chi connectivity index (χ4v) is 3.87. The van der Waals surface area contributed by atoms with Gasteiger partial charge < -0.3 is 9.84 Å². The largest absolute Gasteiger partial charge is 0.496 e. The van der Waals surface area contributed by atoms with Gasteiger partial charge in [-0.3, -0.25) is 0 Å². The molecule has 0 unspecified atom stereocenters. The third kappa shape index (κ3) is 3.60. The van der Waals surface area contributed by atoms with Gasteiger partial charge in [-0.05, 0) is 18.2 Å². The van der Waals surface area contributed by atoms with E-state index in [2.05, 4.69) is 4.72 Å². The highest BCUT2D eigenvalue weighted by Crippen LogP contribution is 2.23. The molecular formula is C13H13NO5S2. The molecule has 0 spiro atoms. The molecule has 0 atom stereocenters. The monoisotopic (exact) mass is 327 g/mol. The first-order chi connectivity index (χ1) is 9.94. The van der Waals surface area contributed by atoms with Crippen LogP contribution in [0.4, 0.5) is 0 Å². The van der Waals surface area contributed by atoms with E-state index in [0.29, 0.717) is 22.6 Å². The van der Waals surface area contributed by atoms with Gasteiger partial charge in [-0.2, -0.15) is 0 Å². The zero-order valence-corrected chi connectivity index (χ0v) is 12.7. The molecule has 1 aromatic carbocycles. The predicted octanol–water partition coefficient (Wildman–Crippen LogP) is 1.93. The zero-order valence-electron chi connectivity index (χ0n) is 11.1. The maximum Gasteiger partial charge on any atom is 0.345 e. The number of ether oxygens (including phenoxy) is 1. The fraction of sp³-hybridized carbons (Fsp3) is 0.154. The average molecular weight is 327 g/mol. The number of aromatic carboxylic acids is 1. The smallest absolute Gasteiger partial charge is 0.345 e. The van der Waals surface area contributed by atoms with Gasteiger partial charge in [0, 0.05) is 12.1 Å². The van der Waals surface area contributed by atoms with Crippen LogP contribution in [0, 0.1) is 0 Å². The summed E-state index contributed by atoms with van der Waals surface area (Å²) in [6.07, 6.45) is 0. The van der Waals surface area contributed by atoms with Gasteiger partial charge in [-0.25, -0.2) is 17.9 Å². The van der Waals surface area contributed by atoms with Crippen LogP contribution in [0.3, 0.4) is 0 Å². The quantitative estimate of drug-likeness (QED) is 0.846. The lowest BCUT2D eigenvalue weighted by Crippen LogP contribution is -2.22. The van der Waals surface area contributed by atoms with Crippen molar-refractivity contribution < 1.29 is 23.1 Å². The highest BCUT2D eigenvalue weighted by Gasteiger charge is 2.19. The molecule has 21 heavy (non-hydrogen) atoms. The van der Waals surface area contributed by atoms with Crippen LogP contribution in [0.1, 0.15) is 15.2 Å². The summed E-state index contributed by atoms with van der Waals surface area (Å²) in [6.45, 7) is 0.0622. The van der Waals surface area contributed by atoms with Gasteiger partial charge in [0.05, 0.1) is 7.11 Å². The van der Waals surface area contributed by atoms with Crippen molar-refractivity contribution in [2.24, 2.45) is 0 Å². The van der Waals surface area contributed by atoms with E-state index in [9.17, 15) is 13.2 Å². The number of rotatable bonds is 6. The minimum atomic E-state index is -3.75. The number of nitrogens with one attached hydrogen (secondary N) is 1. The molecule has 0 aliphatic rings. The van der Waals surface area contributed by atoms with Crippen molar-refractivity contribution in [1.29, 1.82) is 0 Å². The lowest BCUT2D eigenvalue weighted by molar-refractivity contribution is 0.0702. The topological polar surface area (TPSA) is 92.7 Å². The Hall–Kier alpha value is -1.90. The Bertz CT molecular complexity index is 751. The molecule has 0 saturated carbocycles. The molecule has 0 radical (unpaired) electrons. The molecule has 2 aromatic rings. The molecule has 8 heteroatoms. The maximum absolute atomic E-state index is 12.1. The second-order valence-corrected chi connectivity index (χ2v) is 7.14. The van der Waals surface area contributed by atoms with Crippen LogP contribution in [0.25, 0.3) is 0 Å². The van der Waals surface area contributed by atoms with E-state index in [0.717, 1.165) is 0 Å². The van der Waals surface area contributed by atoms with E-state index < -0.39 is 16.0 Å². The van der Waals surface area contributed by atoms with E-state index in [4.69, 9.17) is 9.84 Å². The number of para-hydroxylation sites is 1. The summed E-state index contributed by atoms with van der Waals surface area (Å²) in [4.78, 5) is 10.8. The first kappa shape index (κ1) is 15.5. The number of carboxylic acid groups (broad SMARTS) is 1. The van der Waals surface area contributed by atoms with Gasteiger partial charge in [0.15, 0.2) is 0 Å². The summed E-state index contributed by atoms with van der Waals surface area (Å²) >= 11 is 0.712. The van der Waals surface area contributed by atoms with E-state index in [1.54, 1.807) is 24.3 Å². The molecule has 2 rings (SSSR count). The molecule has 0 fully saturated rings. The predicted molar refractivity (Wildman–Crippen MR) is 78.3 cm³/mol. The second-order valence-electron chi connectivity index (χ2n) is 4.06. The molecule has 0 bridgehead atoms. The van der Waals surface area contributed by atoms with Crippen LogP contribution >= 0.6 is 11.3 Å². The number of hydrogen-bond acceptors (Lipinski definition) is 5. The summed E-state index contributed by atoms with van der Waals surface area (Å²) in [5.41, 5.74) is 0.693. The summed E-state index contributed by atoms with van der Waals surface area (Å²) < 4.78 is 31.8. The molecular weight excluding hydrogens is 314 g/mol. The van der Waals surface area contributed by atoms with Crippen LogP contribution in [0.2, 0.25) is 0 Å². The standard InChI is InChI=1S/C13H13NO5S2/c1-19-10-5-3-2-4-9(10)8-14-21(17,18)12-7-6-11(20-12)13(15)16/h2-7,14H,8H2,1H3,(H,15,16). The molecule has 0 saturated heterocycles. The molecule has 0 aliphatic carbocycles.